The van der Waals surface area contributed by atoms with E-state index in [2.05, 4.69) is 0 Å². The van der Waals surface area contributed by atoms with Crippen LogP contribution in [0.3, 0.4) is 0 Å². The Balaban J connectivity index is 1.34. The molecule has 4 aromatic carbocycles. The molecular weight excluding hydrogens is 555 g/mol. The summed E-state index contributed by atoms with van der Waals surface area (Å²) in [6.45, 7) is 2.36. The molecule has 2 heterocycles. The number of hydroxylamine groups is 1. The highest BCUT2D eigenvalue weighted by Gasteiger charge is 2.60. The minimum Gasteiger partial charge on any atom is -0.494 e. The van der Waals surface area contributed by atoms with Crippen molar-refractivity contribution in [1.29, 1.82) is 0 Å². The van der Waals surface area contributed by atoms with E-state index in [0.29, 0.717) is 29.3 Å². The predicted octanol–water partition coefficient (Wildman–Crippen LogP) is 5.50. The molecule has 0 saturated carbocycles. The molecule has 10 heteroatoms. The lowest BCUT2D eigenvalue weighted by Crippen LogP contribution is -2.37. The highest BCUT2D eigenvalue weighted by molar-refractivity contribution is 6.24. The Labute approximate surface area is 246 Å². The van der Waals surface area contributed by atoms with E-state index in [1.807, 2.05) is 37.3 Å². The molecule has 43 heavy (non-hydrogen) atoms. The number of carbonyl (C=O) groups is 3. The summed E-state index contributed by atoms with van der Waals surface area (Å²) < 4.78 is 29.9. The maximum Gasteiger partial charge on any atom is 0.343 e. The number of para-hydroxylation sites is 1. The van der Waals surface area contributed by atoms with Gasteiger partial charge in [-0.05, 0) is 85.3 Å². The van der Waals surface area contributed by atoms with E-state index in [4.69, 9.17) is 19.0 Å². The van der Waals surface area contributed by atoms with Gasteiger partial charge in [0.2, 0.25) is 5.91 Å². The molecule has 2 aliphatic rings. The zero-order valence-corrected chi connectivity index (χ0v) is 23.3. The number of amides is 2. The molecular formula is C33H27FN2O7. The first kappa shape index (κ1) is 27.9. The molecule has 2 fully saturated rings. The zero-order chi connectivity index (χ0) is 30.1. The summed E-state index contributed by atoms with van der Waals surface area (Å²) in [5.41, 5.74) is 1.84. The standard InChI is InChI=1S/C33H27FN2O7/c1-3-41-25-16-14-23(15-17-25)35-31(37)28-29(36(43-30(28)32(35)38)24-7-5-4-6-8-24)21-11-18-26(27(19-21)40-2)42-33(39)20-9-12-22(34)13-10-20/h4-19,28-30H,3H2,1-2H3/t28-,29+,30-/m1/s1. The molecule has 0 bridgehead atoms. The first-order valence-electron chi connectivity index (χ1n) is 13.7. The number of hydrogen-bond acceptors (Lipinski definition) is 8. The van der Waals surface area contributed by atoms with Gasteiger partial charge in [0.1, 0.15) is 17.5 Å². The third-order valence-corrected chi connectivity index (χ3v) is 7.34. The van der Waals surface area contributed by atoms with Gasteiger partial charge in [-0.2, -0.15) is 0 Å². The second-order valence-electron chi connectivity index (χ2n) is 9.90. The predicted molar refractivity (Wildman–Crippen MR) is 154 cm³/mol. The zero-order valence-electron chi connectivity index (χ0n) is 23.3. The molecule has 2 aliphatic heterocycles. The van der Waals surface area contributed by atoms with Crippen LogP contribution < -0.4 is 24.2 Å². The Hall–Kier alpha value is -5.22. The maximum absolute atomic E-state index is 14.0. The summed E-state index contributed by atoms with van der Waals surface area (Å²) in [6.07, 6.45) is -1.06. The lowest BCUT2D eigenvalue weighted by Gasteiger charge is -2.29. The van der Waals surface area contributed by atoms with Crippen LogP contribution in [0.2, 0.25) is 0 Å². The molecule has 0 radical (unpaired) electrons. The number of hydrogen-bond donors (Lipinski definition) is 0. The molecule has 0 spiro atoms. The van der Waals surface area contributed by atoms with Gasteiger partial charge in [0.05, 0.1) is 36.7 Å². The number of carbonyl (C=O) groups excluding carboxylic acids is 3. The normalized spacial score (nSPS) is 19.4. The quantitative estimate of drug-likeness (QED) is 0.153. The molecule has 0 unspecified atom stereocenters. The molecule has 2 amide bonds. The van der Waals surface area contributed by atoms with Gasteiger partial charge in [0.15, 0.2) is 17.6 Å². The molecule has 218 valence electrons. The van der Waals surface area contributed by atoms with E-state index in [0.717, 1.165) is 4.90 Å². The van der Waals surface area contributed by atoms with Crippen molar-refractivity contribution in [2.45, 2.75) is 19.1 Å². The number of ether oxygens (including phenoxy) is 3. The van der Waals surface area contributed by atoms with Crippen molar-refractivity contribution >= 4 is 29.2 Å². The average Bonchev–Trinajstić information content (AvgIpc) is 3.54. The van der Waals surface area contributed by atoms with Crippen molar-refractivity contribution in [1.82, 2.24) is 0 Å². The Morgan fingerprint density at radius 2 is 1.58 bits per heavy atom. The van der Waals surface area contributed by atoms with Gasteiger partial charge in [-0.3, -0.25) is 14.4 Å². The van der Waals surface area contributed by atoms with E-state index in [1.165, 1.54) is 31.4 Å². The number of anilines is 2. The van der Waals surface area contributed by atoms with E-state index in [-0.39, 0.29) is 17.1 Å². The third kappa shape index (κ3) is 5.17. The minimum absolute atomic E-state index is 0.132. The van der Waals surface area contributed by atoms with Crippen LogP contribution in [0.5, 0.6) is 17.2 Å². The van der Waals surface area contributed by atoms with Crippen molar-refractivity contribution in [2.24, 2.45) is 5.92 Å². The molecule has 2 saturated heterocycles. The van der Waals surface area contributed by atoms with Crippen molar-refractivity contribution in [3.63, 3.8) is 0 Å². The molecule has 6 rings (SSSR count). The summed E-state index contributed by atoms with van der Waals surface area (Å²) >= 11 is 0. The number of fused-ring (bicyclic) bond motifs is 1. The summed E-state index contributed by atoms with van der Waals surface area (Å²) in [6, 6.07) is 25.1. The first-order valence-corrected chi connectivity index (χ1v) is 13.7. The first-order chi connectivity index (χ1) is 20.9. The average molecular weight is 583 g/mol. The van der Waals surface area contributed by atoms with Crippen LogP contribution in [-0.4, -0.2) is 37.6 Å². The van der Waals surface area contributed by atoms with Gasteiger partial charge < -0.3 is 14.2 Å². The van der Waals surface area contributed by atoms with E-state index in [9.17, 15) is 18.8 Å². The fourth-order valence-electron chi connectivity index (χ4n) is 5.36. The molecule has 3 atom stereocenters. The second kappa shape index (κ2) is 11.6. The van der Waals surface area contributed by atoms with E-state index >= 15 is 0 Å². The number of nitrogens with zero attached hydrogens (tertiary/aromatic N) is 2. The largest absolute Gasteiger partial charge is 0.494 e. The van der Waals surface area contributed by atoms with Crippen molar-refractivity contribution in [3.8, 4) is 17.2 Å². The minimum atomic E-state index is -1.06. The van der Waals surface area contributed by atoms with Crippen molar-refractivity contribution in [3.05, 3.63) is 114 Å². The second-order valence-corrected chi connectivity index (χ2v) is 9.90. The highest BCUT2D eigenvalue weighted by Crippen LogP contribution is 2.48. The van der Waals surface area contributed by atoms with Gasteiger partial charge in [-0.15, -0.1) is 0 Å². The van der Waals surface area contributed by atoms with Gasteiger partial charge in [0, 0.05) is 0 Å². The Kier molecular flexibility index (Phi) is 7.52. The van der Waals surface area contributed by atoms with Crippen LogP contribution >= 0.6 is 0 Å². The maximum atomic E-state index is 14.0. The van der Waals surface area contributed by atoms with Crippen LogP contribution in [0.15, 0.2) is 97.1 Å². The van der Waals surface area contributed by atoms with Crippen LogP contribution in [0.4, 0.5) is 15.8 Å². The molecule has 4 aromatic rings. The lowest BCUT2D eigenvalue weighted by atomic mass is 9.90. The molecule has 9 nitrogen and oxygen atoms in total. The Morgan fingerprint density at radius 1 is 0.860 bits per heavy atom. The number of methoxy groups -OCH3 is 1. The van der Waals surface area contributed by atoms with E-state index < -0.39 is 41.7 Å². The number of halogens is 1. The van der Waals surface area contributed by atoms with Crippen LogP contribution in [0.1, 0.15) is 28.9 Å². The third-order valence-electron chi connectivity index (χ3n) is 7.34. The summed E-state index contributed by atoms with van der Waals surface area (Å²) in [4.78, 5) is 47.7. The highest BCUT2D eigenvalue weighted by atomic mass is 19.1. The SMILES string of the molecule is CCOc1ccc(N2C(=O)[C@H]3[C@@H](ON(c4ccccc4)[C@H]3c3ccc(OC(=O)c4ccc(F)cc4)c(OC)c3)C2=O)cc1. The lowest BCUT2D eigenvalue weighted by molar-refractivity contribution is -0.126. The van der Waals surface area contributed by atoms with Gasteiger partial charge in [-0.1, -0.05) is 24.3 Å². The van der Waals surface area contributed by atoms with Crippen LogP contribution in [0.25, 0.3) is 0 Å². The number of rotatable bonds is 8. The molecule has 0 aromatic heterocycles. The fourth-order valence-corrected chi connectivity index (χ4v) is 5.36. The molecule has 0 aliphatic carbocycles. The monoisotopic (exact) mass is 582 g/mol. The van der Waals surface area contributed by atoms with Gasteiger partial charge in [0.25, 0.3) is 5.91 Å². The number of esters is 1. The topological polar surface area (TPSA) is 94.6 Å². The summed E-state index contributed by atoms with van der Waals surface area (Å²) in [5.74, 6) is -1.94. The number of imide groups is 1. The Morgan fingerprint density at radius 3 is 2.26 bits per heavy atom. The van der Waals surface area contributed by atoms with Crippen molar-refractivity contribution in [2.75, 3.05) is 23.7 Å². The van der Waals surface area contributed by atoms with Crippen LogP contribution in [0, 0.1) is 11.7 Å². The fraction of sp³-hybridized carbons (Fsp3) is 0.182. The molecule has 0 N–H and O–H groups in total. The van der Waals surface area contributed by atoms with Gasteiger partial charge >= 0.3 is 5.97 Å². The summed E-state index contributed by atoms with van der Waals surface area (Å²) in [5, 5.41) is 1.57. The van der Waals surface area contributed by atoms with Crippen LogP contribution in [-0.2, 0) is 14.4 Å². The number of benzene rings is 4. The van der Waals surface area contributed by atoms with E-state index in [1.54, 1.807) is 47.5 Å². The smallest absolute Gasteiger partial charge is 0.343 e. The van der Waals surface area contributed by atoms with Crippen molar-refractivity contribution < 1.29 is 37.8 Å². The Bertz CT molecular complexity index is 1660. The summed E-state index contributed by atoms with van der Waals surface area (Å²) in [7, 11) is 1.43. The van der Waals surface area contributed by atoms with Gasteiger partial charge in [-0.25, -0.2) is 19.1 Å².